The molecule has 6 heteroatoms. The van der Waals surface area contributed by atoms with Crippen molar-refractivity contribution in [3.8, 4) is 0 Å². The lowest BCUT2D eigenvalue weighted by Gasteiger charge is -2.18. The van der Waals surface area contributed by atoms with Gasteiger partial charge in [-0.25, -0.2) is 8.78 Å². The molecule has 0 fully saturated rings. The van der Waals surface area contributed by atoms with Gasteiger partial charge in [-0.1, -0.05) is 6.07 Å². The Morgan fingerprint density at radius 1 is 1.32 bits per heavy atom. The zero-order valence-corrected chi connectivity index (χ0v) is 14.0. The summed E-state index contributed by atoms with van der Waals surface area (Å²) in [5, 5.41) is 5.14. The highest BCUT2D eigenvalue weighted by molar-refractivity contribution is 9.10. The van der Waals surface area contributed by atoms with Gasteiger partial charge in [0, 0.05) is 27.2 Å². The average Bonchev–Trinajstić information content (AvgIpc) is 2.80. The van der Waals surface area contributed by atoms with E-state index in [1.54, 1.807) is 24.5 Å². The van der Waals surface area contributed by atoms with E-state index in [9.17, 15) is 8.78 Å². The van der Waals surface area contributed by atoms with Gasteiger partial charge in [0.05, 0.1) is 4.47 Å². The predicted molar refractivity (Wildman–Crippen MR) is 81.6 cm³/mol. The molecule has 0 bridgehead atoms. The van der Waals surface area contributed by atoms with E-state index in [0.717, 1.165) is 17.0 Å². The van der Waals surface area contributed by atoms with Gasteiger partial charge in [-0.05, 0) is 56.6 Å². The van der Waals surface area contributed by atoms with Crippen molar-refractivity contribution in [2.45, 2.75) is 12.5 Å². The lowest BCUT2D eigenvalue weighted by molar-refractivity contribution is 0.495. The van der Waals surface area contributed by atoms with E-state index in [1.807, 2.05) is 11.4 Å². The van der Waals surface area contributed by atoms with Crippen molar-refractivity contribution in [1.29, 1.82) is 0 Å². The first-order valence-electron chi connectivity index (χ1n) is 5.56. The summed E-state index contributed by atoms with van der Waals surface area (Å²) in [4.78, 5) is 1.17. The van der Waals surface area contributed by atoms with Gasteiger partial charge in [0.2, 0.25) is 0 Å². The SMILES string of the molecule is CNC(Cc1cc(Br)cs1)c1ccc(F)c(F)c1Br. The summed E-state index contributed by atoms with van der Waals surface area (Å²) in [6.45, 7) is 0. The number of rotatable bonds is 4. The molecule has 0 radical (unpaired) electrons. The quantitative estimate of drug-likeness (QED) is 0.695. The molecule has 19 heavy (non-hydrogen) atoms. The molecule has 1 aromatic heterocycles. The van der Waals surface area contributed by atoms with Crippen LogP contribution in [-0.4, -0.2) is 7.05 Å². The minimum atomic E-state index is -0.843. The number of halogens is 4. The van der Waals surface area contributed by atoms with E-state index in [2.05, 4.69) is 37.2 Å². The molecule has 0 saturated heterocycles. The number of hydrogen-bond donors (Lipinski definition) is 1. The Kier molecular flexibility index (Phi) is 5.11. The number of benzene rings is 1. The predicted octanol–water partition coefficient (Wildman–Crippen LogP) is 5.05. The third kappa shape index (κ3) is 3.42. The Labute approximate surface area is 131 Å². The molecule has 0 aliphatic carbocycles. The second kappa shape index (κ2) is 6.43. The van der Waals surface area contributed by atoms with Crippen molar-refractivity contribution in [3.05, 3.63) is 54.6 Å². The first kappa shape index (κ1) is 15.1. The van der Waals surface area contributed by atoms with Crippen LogP contribution < -0.4 is 5.32 Å². The minimum Gasteiger partial charge on any atom is -0.313 e. The largest absolute Gasteiger partial charge is 0.313 e. The van der Waals surface area contributed by atoms with Crippen LogP contribution in [0.4, 0.5) is 8.78 Å². The van der Waals surface area contributed by atoms with E-state index >= 15 is 0 Å². The molecular weight excluding hydrogens is 400 g/mol. The maximum Gasteiger partial charge on any atom is 0.173 e. The highest BCUT2D eigenvalue weighted by Gasteiger charge is 2.18. The van der Waals surface area contributed by atoms with Gasteiger partial charge in [-0.2, -0.15) is 0 Å². The van der Waals surface area contributed by atoms with Crippen LogP contribution >= 0.6 is 43.2 Å². The summed E-state index contributed by atoms with van der Waals surface area (Å²) in [7, 11) is 1.81. The maximum atomic E-state index is 13.6. The first-order chi connectivity index (χ1) is 9.02. The first-order valence-corrected chi connectivity index (χ1v) is 8.03. The molecule has 1 heterocycles. The zero-order valence-electron chi connectivity index (χ0n) is 10.0. The number of nitrogens with one attached hydrogen (secondary N) is 1. The standard InChI is InChI=1S/C13H11Br2F2NS/c1-18-11(5-8-4-7(14)6-19-8)9-2-3-10(16)13(17)12(9)15/h2-4,6,11,18H,5H2,1H3. The molecule has 1 aromatic carbocycles. The molecule has 1 N–H and O–H groups in total. The van der Waals surface area contributed by atoms with Crippen LogP contribution in [0.25, 0.3) is 0 Å². The molecule has 0 saturated carbocycles. The molecule has 1 nitrogen and oxygen atoms in total. The van der Waals surface area contributed by atoms with Gasteiger partial charge < -0.3 is 5.32 Å². The van der Waals surface area contributed by atoms with E-state index in [0.29, 0.717) is 5.56 Å². The van der Waals surface area contributed by atoms with Crippen molar-refractivity contribution in [1.82, 2.24) is 5.32 Å². The Morgan fingerprint density at radius 3 is 2.63 bits per heavy atom. The summed E-state index contributed by atoms with van der Waals surface area (Å²) < 4.78 is 27.9. The van der Waals surface area contributed by atoms with Gasteiger partial charge in [-0.3, -0.25) is 0 Å². The average molecular weight is 411 g/mol. The van der Waals surface area contributed by atoms with Crippen molar-refractivity contribution in [2.75, 3.05) is 7.05 Å². The molecule has 1 atom stereocenters. The smallest absolute Gasteiger partial charge is 0.173 e. The number of hydrogen-bond acceptors (Lipinski definition) is 2. The van der Waals surface area contributed by atoms with E-state index < -0.39 is 11.6 Å². The molecule has 102 valence electrons. The van der Waals surface area contributed by atoms with Crippen LogP contribution in [-0.2, 0) is 6.42 Å². The monoisotopic (exact) mass is 409 g/mol. The second-order valence-electron chi connectivity index (χ2n) is 4.04. The van der Waals surface area contributed by atoms with E-state index in [4.69, 9.17) is 0 Å². The van der Waals surface area contributed by atoms with Crippen molar-refractivity contribution < 1.29 is 8.78 Å². The molecular formula is C13H11Br2F2NS. The third-order valence-corrected chi connectivity index (χ3v) is 5.34. The van der Waals surface area contributed by atoms with Crippen molar-refractivity contribution in [3.63, 3.8) is 0 Å². The van der Waals surface area contributed by atoms with Crippen LogP contribution in [0, 0.1) is 11.6 Å². The fourth-order valence-electron chi connectivity index (χ4n) is 1.84. The highest BCUT2D eigenvalue weighted by Crippen LogP contribution is 2.31. The lowest BCUT2D eigenvalue weighted by Crippen LogP contribution is -2.19. The normalized spacial score (nSPS) is 12.7. The number of thiophene rings is 1. The molecule has 0 aliphatic heterocycles. The lowest BCUT2D eigenvalue weighted by atomic mass is 10.0. The Balaban J connectivity index is 2.29. The van der Waals surface area contributed by atoms with Gasteiger partial charge in [-0.15, -0.1) is 11.3 Å². The van der Waals surface area contributed by atoms with Crippen LogP contribution in [0.3, 0.4) is 0 Å². The van der Waals surface area contributed by atoms with Crippen molar-refractivity contribution >= 4 is 43.2 Å². The Hall–Kier alpha value is -0.300. The molecule has 2 aromatic rings. The number of likely N-dealkylation sites (N-methyl/N-ethyl adjacent to an activating group) is 1. The van der Waals surface area contributed by atoms with Crippen molar-refractivity contribution in [2.24, 2.45) is 0 Å². The van der Waals surface area contributed by atoms with E-state index in [-0.39, 0.29) is 10.5 Å². The minimum absolute atomic E-state index is 0.0741. The highest BCUT2D eigenvalue weighted by atomic mass is 79.9. The summed E-state index contributed by atoms with van der Waals surface area (Å²) in [5.74, 6) is -1.69. The summed E-state index contributed by atoms with van der Waals surface area (Å²) in [5.41, 5.74) is 0.714. The van der Waals surface area contributed by atoms with Crippen LogP contribution in [0.5, 0.6) is 0 Å². The van der Waals surface area contributed by atoms with E-state index in [1.165, 1.54) is 4.88 Å². The van der Waals surface area contributed by atoms with Crippen LogP contribution in [0.2, 0.25) is 0 Å². The van der Waals surface area contributed by atoms with Gasteiger partial charge in [0.15, 0.2) is 11.6 Å². The molecule has 1 unspecified atom stereocenters. The molecule has 0 spiro atoms. The molecule has 2 rings (SSSR count). The third-order valence-electron chi connectivity index (χ3n) is 2.82. The maximum absolute atomic E-state index is 13.6. The topological polar surface area (TPSA) is 12.0 Å². The van der Waals surface area contributed by atoms with Gasteiger partial charge in [0.1, 0.15) is 0 Å². The molecule has 0 amide bonds. The summed E-state index contributed by atoms with van der Waals surface area (Å²) in [6, 6.07) is 4.72. The van der Waals surface area contributed by atoms with Crippen LogP contribution in [0.1, 0.15) is 16.5 Å². The molecule has 0 aliphatic rings. The Morgan fingerprint density at radius 2 is 2.05 bits per heavy atom. The Bertz CT molecular complexity index is 586. The fourth-order valence-corrected chi connectivity index (χ4v) is 3.94. The summed E-state index contributed by atoms with van der Waals surface area (Å²) >= 11 is 8.17. The van der Waals surface area contributed by atoms with Crippen LogP contribution in [0.15, 0.2) is 32.5 Å². The summed E-state index contributed by atoms with van der Waals surface area (Å²) in [6.07, 6.45) is 0.719. The zero-order chi connectivity index (χ0) is 14.0. The van der Waals surface area contributed by atoms with Gasteiger partial charge in [0.25, 0.3) is 0 Å². The second-order valence-corrected chi connectivity index (χ2v) is 6.75. The fraction of sp³-hybridized carbons (Fsp3) is 0.231. The van der Waals surface area contributed by atoms with Gasteiger partial charge >= 0.3 is 0 Å².